The van der Waals surface area contributed by atoms with Crippen molar-refractivity contribution in [3.8, 4) is 0 Å². The molecule has 1 aliphatic rings. The van der Waals surface area contributed by atoms with E-state index >= 15 is 0 Å². The van der Waals surface area contributed by atoms with Crippen molar-refractivity contribution in [2.75, 3.05) is 5.32 Å². The fraction of sp³-hybridized carbons (Fsp3) is 0.118. The molecule has 2 nitrogen and oxygen atoms in total. The van der Waals surface area contributed by atoms with Crippen LogP contribution in [0.5, 0.6) is 0 Å². The SMILES string of the molecule is Cc1ccc(CSC=C2C(=O)Nc3ccccc32)cc1. The van der Waals surface area contributed by atoms with Crippen LogP contribution in [0, 0.1) is 6.92 Å². The van der Waals surface area contributed by atoms with Crippen LogP contribution in [-0.4, -0.2) is 5.91 Å². The first-order chi connectivity index (χ1) is 9.74. The molecule has 3 rings (SSSR count). The van der Waals surface area contributed by atoms with E-state index in [1.54, 1.807) is 11.8 Å². The van der Waals surface area contributed by atoms with Crippen LogP contribution in [0.1, 0.15) is 16.7 Å². The first-order valence-corrected chi connectivity index (χ1v) is 7.57. The standard InChI is InChI=1S/C17H15NOS/c1-12-6-8-13(9-7-12)10-20-11-15-14-4-2-3-5-16(14)18-17(15)19/h2-9,11H,10H2,1H3,(H,18,19). The molecule has 0 atom stereocenters. The third-order valence-electron chi connectivity index (χ3n) is 3.28. The molecule has 0 spiro atoms. The van der Waals surface area contributed by atoms with Crippen molar-refractivity contribution < 1.29 is 4.79 Å². The molecule has 0 fully saturated rings. The lowest BCUT2D eigenvalue weighted by atomic mass is 10.1. The topological polar surface area (TPSA) is 29.1 Å². The minimum atomic E-state index is -0.0115. The summed E-state index contributed by atoms with van der Waals surface area (Å²) in [5.41, 5.74) is 5.19. The van der Waals surface area contributed by atoms with Crippen molar-refractivity contribution in [3.63, 3.8) is 0 Å². The Morgan fingerprint density at radius 3 is 2.65 bits per heavy atom. The number of para-hydroxylation sites is 1. The number of thioether (sulfide) groups is 1. The molecule has 20 heavy (non-hydrogen) atoms. The molecule has 1 aliphatic heterocycles. The van der Waals surface area contributed by atoms with Gasteiger partial charge in [-0.3, -0.25) is 4.79 Å². The second-order valence-corrected chi connectivity index (χ2v) is 5.69. The van der Waals surface area contributed by atoms with Gasteiger partial charge in [-0.05, 0) is 24.0 Å². The number of carbonyl (C=O) groups is 1. The highest BCUT2D eigenvalue weighted by Crippen LogP contribution is 2.33. The second kappa shape index (κ2) is 5.55. The number of anilines is 1. The van der Waals surface area contributed by atoms with Gasteiger partial charge in [0.15, 0.2) is 0 Å². The maximum atomic E-state index is 11.9. The van der Waals surface area contributed by atoms with Crippen molar-refractivity contribution in [2.24, 2.45) is 0 Å². The third kappa shape index (κ3) is 2.63. The van der Waals surface area contributed by atoms with Gasteiger partial charge in [0, 0.05) is 17.0 Å². The number of nitrogens with one attached hydrogen (secondary N) is 1. The van der Waals surface area contributed by atoms with Gasteiger partial charge >= 0.3 is 0 Å². The fourth-order valence-electron chi connectivity index (χ4n) is 2.16. The molecule has 0 aliphatic carbocycles. The Labute approximate surface area is 122 Å². The Morgan fingerprint density at radius 2 is 1.85 bits per heavy atom. The predicted octanol–water partition coefficient (Wildman–Crippen LogP) is 4.22. The average Bonchev–Trinajstić information content (AvgIpc) is 2.77. The zero-order valence-corrected chi connectivity index (χ0v) is 12.0. The van der Waals surface area contributed by atoms with Crippen LogP contribution in [-0.2, 0) is 10.5 Å². The minimum Gasteiger partial charge on any atom is -0.321 e. The quantitative estimate of drug-likeness (QED) is 0.853. The largest absolute Gasteiger partial charge is 0.321 e. The lowest BCUT2D eigenvalue weighted by molar-refractivity contribution is -0.110. The van der Waals surface area contributed by atoms with Crippen LogP contribution in [0.25, 0.3) is 5.57 Å². The smallest absolute Gasteiger partial charge is 0.256 e. The van der Waals surface area contributed by atoms with Crippen molar-refractivity contribution in [1.82, 2.24) is 0 Å². The Bertz CT molecular complexity index is 674. The van der Waals surface area contributed by atoms with E-state index in [1.807, 2.05) is 29.7 Å². The van der Waals surface area contributed by atoms with E-state index in [0.717, 1.165) is 22.6 Å². The van der Waals surface area contributed by atoms with Gasteiger partial charge in [0.2, 0.25) is 0 Å². The molecule has 0 radical (unpaired) electrons. The lowest BCUT2D eigenvalue weighted by Gasteiger charge is -2.00. The van der Waals surface area contributed by atoms with E-state index < -0.39 is 0 Å². The molecule has 2 aromatic carbocycles. The Morgan fingerprint density at radius 1 is 1.10 bits per heavy atom. The van der Waals surface area contributed by atoms with Crippen molar-refractivity contribution in [2.45, 2.75) is 12.7 Å². The lowest BCUT2D eigenvalue weighted by Crippen LogP contribution is -2.03. The molecule has 1 amide bonds. The molecule has 2 aromatic rings. The number of amides is 1. The second-order valence-electron chi connectivity index (χ2n) is 4.83. The van der Waals surface area contributed by atoms with Crippen LogP contribution < -0.4 is 5.32 Å². The van der Waals surface area contributed by atoms with E-state index in [2.05, 4.69) is 36.5 Å². The number of aryl methyl sites for hydroxylation is 1. The first kappa shape index (κ1) is 13.0. The molecule has 0 saturated heterocycles. The maximum Gasteiger partial charge on any atom is 0.256 e. The van der Waals surface area contributed by atoms with Crippen LogP contribution in [0.2, 0.25) is 0 Å². The third-order valence-corrected chi connectivity index (χ3v) is 4.18. The molecule has 100 valence electrons. The van der Waals surface area contributed by atoms with Gasteiger partial charge in [-0.25, -0.2) is 0 Å². The number of carbonyl (C=O) groups excluding carboxylic acids is 1. The van der Waals surface area contributed by atoms with Crippen LogP contribution in [0.4, 0.5) is 5.69 Å². The maximum absolute atomic E-state index is 11.9. The van der Waals surface area contributed by atoms with E-state index in [1.165, 1.54) is 11.1 Å². The van der Waals surface area contributed by atoms with Gasteiger partial charge in [-0.1, -0.05) is 48.0 Å². The van der Waals surface area contributed by atoms with Crippen LogP contribution in [0.15, 0.2) is 53.9 Å². The van der Waals surface area contributed by atoms with Crippen LogP contribution >= 0.6 is 11.8 Å². The van der Waals surface area contributed by atoms with E-state index in [-0.39, 0.29) is 5.91 Å². The Hall–Kier alpha value is -2.00. The number of hydrogen-bond donors (Lipinski definition) is 1. The fourth-order valence-corrected chi connectivity index (χ4v) is 3.03. The molecule has 0 aromatic heterocycles. The Balaban J connectivity index is 1.73. The summed E-state index contributed by atoms with van der Waals surface area (Å²) in [6, 6.07) is 16.3. The number of hydrogen-bond acceptors (Lipinski definition) is 2. The van der Waals surface area contributed by atoms with Crippen molar-refractivity contribution in [1.29, 1.82) is 0 Å². The van der Waals surface area contributed by atoms with Gasteiger partial charge in [0.1, 0.15) is 0 Å². The Kier molecular flexibility index (Phi) is 3.61. The number of fused-ring (bicyclic) bond motifs is 1. The summed E-state index contributed by atoms with van der Waals surface area (Å²) in [6.45, 7) is 2.08. The van der Waals surface area contributed by atoms with Gasteiger partial charge in [0.05, 0.1) is 5.57 Å². The molecule has 0 unspecified atom stereocenters. The molecule has 1 heterocycles. The van der Waals surface area contributed by atoms with Gasteiger partial charge in [-0.15, -0.1) is 11.8 Å². The molecule has 1 N–H and O–H groups in total. The molecular formula is C17H15NOS. The predicted molar refractivity (Wildman–Crippen MR) is 85.5 cm³/mol. The summed E-state index contributed by atoms with van der Waals surface area (Å²) >= 11 is 1.65. The minimum absolute atomic E-state index is 0.0115. The summed E-state index contributed by atoms with van der Waals surface area (Å²) in [6.07, 6.45) is 0. The number of rotatable bonds is 3. The summed E-state index contributed by atoms with van der Waals surface area (Å²) in [7, 11) is 0. The molecule has 0 bridgehead atoms. The summed E-state index contributed by atoms with van der Waals surface area (Å²) in [5.74, 6) is 0.863. The van der Waals surface area contributed by atoms with E-state index in [9.17, 15) is 4.79 Å². The first-order valence-electron chi connectivity index (χ1n) is 6.52. The highest BCUT2D eigenvalue weighted by atomic mass is 32.2. The van der Waals surface area contributed by atoms with E-state index in [4.69, 9.17) is 0 Å². The number of benzene rings is 2. The molecule has 0 saturated carbocycles. The summed E-state index contributed by atoms with van der Waals surface area (Å²) < 4.78 is 0. The normalized spacial score (nSPS) is 15.2. The zero-order valence-electron chi connectivity index (χ0n) is 11.2. The zero-order chi connectivity index (χ0) is 13.9. The van der Waals surface area contributed by atoms with Crippen molar-refractivity contribution >= 4 is 28.9 Å². The molecule has 3 heteroatoms. The summed E-state index contributed by atoms with van der Waals surface area (Å²) in [4.78, 5) is 11.9. The van der Waals surface area contributed by atoms with Gasteiger partial charge < -0.3 is 5.32 Å². The highest BCUT2D eigenvalue weighted by molar-refractivity contribution is 8.01. The molecular weight excluding hydrogens is 266 g/mol. The van der Waals surface area contributed by atoms with Gasteiger partial charge in [0.25, 0.3) is 5.91 Å². The van der Waals surface area contributed by atoms with E-state index in [0.29, 0.717) is 0 Å². The monoisotopic (exact) mass is 281 g/mol. The van der Waals surface area contributed by atoms with Crippen LogP contribution in [0.3, 0.4) is 0 Å². The highest BCUT2D eigenvalue weighted by Gasteiger charge is 2.22. The average molecular weight is 281 g/mol. The van der Waals surface area contributed by atoms with Gasteiger partial charge in [-0.2, -0.15) is 0 Å². The van der Waals surface area contributed by atoms with Crippen molar-refractivity contribution in [3.05, 3.63) is 70.6 Å². The summed E-state index contributed by atoms with van der Waals surface area (Å²) in [5, 5.41) is 4.84.